The average Bonchev–Trinajstić information content (AvgIpc) is 3.14. The highest BCUT2D eigenvalue weighted by molar-refractivity contribution is 5.92. The number of nitrogens with zero attached hydrogens (tertiary/aromatic N) is 3. The first-order valence-corrected chi connectivity index (χ1v) is 8.07. The van der Waals surface area contributed by atoms with Crippen LogP contribution in [-0.4, -0.2) is 45.2 Å². The van der Waals surface area contributed by atoms with Crippen molar-refractivity contribution in [3.05, 3.63) is 17.5 Å². The van der Waals surface area contributed by atoms with Crippen molar-refractivity contribution >= 4 is 17.9 Å². The van der Waals surface area contributed by atoms with Crippen molar-refractivity contribution in [1.82, 2.24) is 14.9 Å². The van der Waals surface area contributed by atoms with E-state index in [1.807, 2.05) is 20.8 Å². The standard InChI is InChI=1S/C16H22N4O4/c1-16(2,3)24-15(22)20-8-10-7-17-14(18-11(10)9-20)19-13(21)12-5-4-6-23-12/h7,12H,4-6,8-9H2,1-3H3,(H,17,18,19,21). The molecule has 130 valence electrons. The second-order valence-electron chi connectivity index (χ2n) is 6.99. The van der Waals surface area contributed by atoms with Crippen LogP contribution in [0.2, 0.25) is 0 Å². The van der Waals surface area contributed by atoms with Crippen molar-refractivity contribution < 1.29 is 19.1 Å². The van der Waals surface area contributed by atoms with E-state index in [1.165, 1.54) is 0 Å². The Kier molecular flexibility index (Phi) is 4.40. The van der Waals surface area contributed by atoms with E-state index in [-0.39, 0.29) is 17.9 Å². The number of carbonyl (C=O) groups is 2. The minimum absolute atomic E-state index is 0.227. The molecule has 24 heavy (non-hydrogen) atoms. The van der Waals surface area contributed by atoms with Gasteiger partial charge in [0.1, 0.15) is 11.7 Å². The van der Waals surface area contributed by atoms with Gasteiger partial charge in [-0.15, -0.1) is 0 Å². The van der Waals surface area contributed by atoms with E-state index in [0.717, 1.165) is 17.7 Å². The molecule has 8 heteroatoms. The van der Waals surface area contributed by atoms with Crippen LogP contribution in [-0.2, 0) is 27.4 Å². The van der Waals surface area contributed by atoms with Gasteiger partial charge in [0.15, 0.2) is 0 Å². The molecule has 0 saturated carbocycles. The topological polar surface area (TPSA) is 93.7 Å². The number of nitrogens with one attached hydrogen (secondary N) is 1. The SMILES string of the molecule is CC(C)(C)OC(=O)N1Cc2cnc(NC(=O)C3CCCO3)nc2C1. The van der Waals surface area contributed by atoms with E-state index >= 15 is 0 Å². The molecule has 2 aliphatic rings. The predicted molar refractivity (Wildman–Crippen MR) is 85.1 cm³/mol. The summed E-state index contributed by atoms with van der Waals surface area (Å²) in [5.41, 5.74) is 1.03. The second-order valence-corrected chi connectivity index (χ2v) is 6.99. The number of anilines is 1. The van der Waals surface area contributed by atoms with E-state index in [9.17, 15) is 9.59 Å². The molecule has 0 spiro atoms. The molecule has 3 heterocycles. The Morgan fingerprint density at radius 3 is 2.83 bits per heavy atom. The third-order valence-corrected chi connectivity index (χ3v) is 3.76. The van der Waals surface area contributed by atoms with Crippen LogP contribution in [0.4, 0.5) is 10.7 Å². The monoisotopic (exact) mass is 334 g/mol. The lowest BCUT2D eigenvalue weighted by atomic mass is 10.2. The number of rotatable bonds is 2. The van der Waals surface area contributed by atoms with Gasteiger partial charge in [-0.2, -0.15) is 0 Å². The van der Waals surface area contributed by atoms with E-state index in [0.29, 0.717) is 26.1 Å². The molecule has 3 rings (SSSR count). The van der Waals surface area contributed by atoms with E-state index < -0.39 is 11.7 Å². The maximum atomic E-state index is 12.1. The van der Waals surface area contributed by atoms with Crippen molar-refractivity contribution in [2.75, 3.05) is 11.9 Å². The Hall–Kier alpha value is -2.22. The third kappa shape index (κ3) is 3.81. The first-order valence-electron chi connectivity index (χ1n) is 8.07. The molecule has 2 amide bonds. The molecule has 1 atom stereocenters. The zero-order valence-electron chi connectivity index (χ0n) is 14.2. The number of ether oxygens (including phenoxy) is 2. The fourth-order valence-corrected chi connectivity index (χ4v) is 2.64. The summed E-state index contributed by atoms with van der Waals surface area (Å²) in [5.74, 6) is 0.00901. The molecular weight excluding hydrogens is 312 g/mol. The van der Waals surface area contributed by atoms with Crippen LogP contribution in [0.15, 0.2) is 6.20 Å². The normalized spacial score (nSPS) is 20.0. The fourth-order valence-electron chi connectivity index (χ4n) is 2.64. The van der Waals surface area contributed by atoms with Crippen LogP contribution in [0.3, 0.4) is 0 Å². The van der Waals surface area contributed by atoms with Gasteiger partial charge in [-0.25, -0.2) is 14.8 Å². The number of hydrogen-bond acceptors (Lipinski definition) is 6. The van der Waals surface area contributed by atoms with Gasteiger partial charge >= 0.3 is 6.09 Å². The zero-order valence-corrected chi connectivity index (χ0v) is 14.2. The Labute approximate surface area is 140 Å². The van der Waals surface area contributed by atoms with Gasteiger partial charge < -0.3 is 9.47 Å². The van der Waals surface area contributed by atoms with Gasteiger partial charge in [-0.3, -0.25) is 15.0 Å². The molecule has 8 nitrogen and oxygen atoms in total. The molecule has 0 aromatic carbocycles. The van der Waals surface area contributed by atoms with Gasteiger partial charge in [-0.1, -0.05) is 0 Å². The van der Waals surface area contributed by atoms with Gasteiger partial charge in [0.2, 0.25) is 5.95 Å². The van der Waals surface area contributed by atoms with E-state index in [1.54, 1.807) is 11.1 Å². The van der Waals surface area contributed by atoms with Crippen molar-refractivity contribution in [3.8, 4) is 0 Å². The van der Waals surface area contributed by atoms with Crippen molar-refractivity contribution in [2.24, 2.45) is 0 Å². The highest BCUT2D eigenvalue weighted by atomic mass is 16.6. The van der Waals surface area contributed by atoms with Crippen LogP contribution < -0.4 is 5.32 Å². The summed E-state index contributed by atoms with van der Waals surface area (Å²) in [4.78, 5) is 34.2. The van der Waals surface area contributed by atoms with E-state index in [4.69, 9.17) is 9.47 Å². The summed E-state index contributed by atoms with van der Waals surface area (Å²) in [6.07, 6.45) is 2.42. The Bertz CT molecular complexity index is 650. The summed E-state index contributed by atoms with van der Waals surface area (Å²) in [5, 5.41) is 2.68. The number of fused-ring (bicyclic) bond motifs is 1. The lowest BCUT2D eigenvalue weighted by Crippen LogP contribution is -2.33. The van der Waals surface area contributed by atoms with Crippen LogP contribution >= 0.6 is 0 Å². The quantitative estimate of drug-likeness (QED) is 0.887. The van der Waals surface area contributed by atoms with Crippen molar-refractivity contribution in [3.63, 3.8) is 0 Å². The number of hydrogen-bond donors (Lipinski definition) is 1. The summed E-state index contributed by atoms with van der Waals surface area (Å²) in [7, 11) is 0. The molecule has 0 bridgehead atoms. The highest BCUT2D eigenvalue weighted by Crippen LogP contribution is 2.23. The largest absolute Gasteiger partial charge is 0.444 e. The molecule has 1 aromatic rings. The molecule has 0 aliphatic carbocycles. The number of carbonyl (C=O) groups excluding carboxylic acids is 2. The Morgan fingerprint density at radius 2 is 2.17 bits per heavy atom. The lowest BCUT2D eigenvalue weighted by molar-refractivity contribution is -0.124. The van der Waals surface area contributed by atoms with Crippen LogP contribution in [0.5, 0.6) is 0 Å². The van der Waals surface area contributed by atoms with Crippen LogP contribution in [0.1, 0.15) is 44.9 Å². The van der Waals surface area contributed by atoms with Crippen LogP contribution in [0.25, 0.3) is 0 Å². The van der Waals surface area contributed by atoms with Gasteiger partial charge in [0.05, 0.1) is 18.8 Å². The first kappa shape index (κ1) is 16.6. The summed E-state index contributed by atoms with van der Waals surface area (Å²) in [6, 6.07) is 0. The molecule has 1 saturated heterocycles. The molecule has 1 aromatic heterocycles. The lowest BCUT2D eigenvalue weighted by Gasteiger charge is -2.23. The highest BCUT2D eigenvalue weighted by Gasteiger charge is 2.30. The van der Waals surface area contributed by atoms with Crippen LogP contribution in [0, 0.1) is 0 Å². The zero-order chi connectivity index (χ0) is 17.3. The minimum atomic E-state index is -0.544. The third-order valence-electron chi connectivity index (χ3n) is 3.76. The Balaban J connectivity index is 1.63. The summed E-state index contributed by atoms with van der Waals surface area (Å²) < 4.78 is 10.7. The number of aromatic nitrogens is 2. The van der Waals surface area contributed by atoms with Gasteiger partial charge in [0, 0.05) is 18.4 Å². The molecule has 0 radical (unpaired) electrons. The van der Waals surface area contributed by atoms with Crippen molar-refractivity contribution in [1.29, 1.82) is 0 Å². The first-order chi connectivity index (χ1) is 11.3. The predicted octanol–water partition coefficient (Wildman–Crippen LogP) is 1.84. The van der Waals surface area contributed by atoms with E-state index in [2.05, 4.69) is 15.3 Å². The summed E-state index contributed by atoms with van der Waals surface area (Å²) in [6.45, 7) is 6.83. The molecule has 1 fully saturated rings. The second kappa shape index (κ2) is 6.35. The maximum absolute atomic E-state index is 12.1. The smallest absolute Gasteiger partial charge is 0.410 e. The fraction of sp³-hybridized carbons (Fsp3) is 0.625. The number of amides is 2. The average molecular weight is 334 g/mol. The molecule has 1 N–H and O–H groups in total. The minimum Gasteiger partial charge on any atom is -0.444 e. The maximum Gasteiger partial charge on any atom is 0.410 e. The molecule has 2 aliphatic heterocycles. The van der Waals surface area contributed by atoms with Crippen molar-refractivity contribution in [2.45, 2.75) is 58.4 Å². The van der Waals surface area contributed by atoms with Gasteiger partial charge in [0.25, 0.3) is 5.91 Å². The van der Waals surface area contributed by atoms with Gasteiger partial charge in [-0.05, 0) is 33.6 Å². The summed E-state index contributed by atoms with van der Waals surface area (Å²) >= 11 is 0. The molecular formula is C16H22N4O4. The molecule has 1 unspecified atom stereocenters. The Morgan fingerprint density at radius 1 is 1.38 bits per heavy atom.